The zero-order valence-electron chi connectivity index (χ0n) is 14.3. The molecule has 2 aromatic rings. The van der Waals surface area contributed by atoms with Crippen LogP contribution in [0.25, 0.3) is 0 Å². The van der Waals surface area contributed by atoms with Crippen molar-refractivity contribution in [1.29, 1.82) is 0 Å². The van der Waals surface area contributed by atoms with E-state index in [9.17, 15) is 18.0 Å². The van der Waals surface area contributed by atoms with Gasteiger partial charge in [0.25, 0.3) is 5.91 Å². The first-order chi connectivity index (χ1) is 12.3. The number of carbonyl (C=O) groups excluding carboxylic acids is 1. The molecule has 1 fully saturated rings. The molecule has 1 amide bonds. The molecule has 7 heteroatoms. The number of amides is 1. The molecule has 0 radical (unpaired) electrons. The number of hydrogen-bond donors (Lipinski definition) is 0. The van der Waals surface area contributed by atoms with Crippen molar-refractivity contribution in [3.05, 3.63) is 65.0 Å². The van der Waals surface area contributed by atoms with E-state index in [4.69, 9.17) is 4.74 Å². The van der Waals surface area contributed by atoms with Crippen LogP contribution in [0.4, 0.5) is 13.2 Å². The number of pyridine rings is 1. The summed E-state index contributed by atoms with van der Waals surface area (Å²) in [7, 11) is 0. The van der Waals surface area contributed by atoms with E-state index in [1.807, 2.05) is 0 Å². The second-order valence-corrected chi connectivity index (χ2v) is 6.28. The van der Waals surface area contributed by atoms with Gasteiger partial charge in [-0.3, -0.25) is 9.78 Å². The van der Waals surface area contributed by atoms with Crippen molar-refractivity contribution in [3.63, 3.8) is 0 Å². The molecule has 1 aliphatic heterocycles. The normalized spacial score (nSPS) is 18.0. The summed E-state index contributed by atoms with van der Waals surface area (Å²) in [6.07, 6.45) is -2.77. The number of ether oxygens (including phenoxy) is 1. The number of aromatic nitrogens is 1. The number of rotatable bonds is 3. The quantitative estimate of drug-likeness (QED) is 0.837. The van der Waals surface area contributed by atoms with Crippen molar-refractivity contribution in [1.82, 2.24) is 9.88 Å². The first-order valence-corrected chi connectivity index (χ1v) is 8.33. The molecule has 1 aliphatic rings. The van der Waals surface area contributed by atoms with E-state index < -0.39 is 11.7 Å². The van der Waals surface area contributed by atoms with Gasteiger partial charge in [-0.25, -0.2) is 0 Å². The Morgan fingerprint density at radius 1 is 1.31 bits per heavy atom. The van der Waals surface area contributed by atoms with Gasteiger partial charge in [-0.2, -0.15) is 13.2 Å². The van der Waals surface area contributed by atoms with Gasteiger partial charge >= 0.3 is 6.18 Å². The fourth-order valence-electron chi connectivity index (χ4n) is 3.05. The van der Waals surface area contributed by atoms with Gasteiger partial charge in [-0.15, -0.1) is 0 Å². The number of benzene rings is 1. The predicted molar refractivity (Wildman–Crippen MR) is 89.8 cm³/mol. The van der Waals surface area contributed by atoms with E-state index in [-0.39, 0.29) is 12.0 Å². The summed E-state index contributed by atoms with van der Waals surface area (Å²) in [5, 5.41) is 0. The predicted octanol–water partition coefficient (Wildman–Crippen LogP) is 3.49. The van der Waals surface area contributed by atoms with E-state index in [0.29, 0.717) is 42.9 Å². The Bertz CT molecular complexity index is 792. The highest BCUT2D eigenvalue weighted by Crippen LogP contribution is 2.30. The molecule has 26 heavy (non-hydrogen) atoms. The summed E-state index contributed by atoms with van der Waals surface area (Å²) in [6, 6.07) is 8.65. The average molecular weight is 364 g/mol. The van der Waals surface area contributed by atoms with Gasteiger partial charge in [0.1, 0.15) is 0 Å². The van der Waals surface area contributed by atoms with Gasteiger partial charge in [-0.05, 0) is 30.7 Å². The van der Waals surface area contributed by atoms with Crippen LogP contribution in [0, 0.1) is 6.92 Å². The van der Waals surface area contributed by atoms with Crippen LogP contribution in [0.5, 0.6) is 0 Å². The number of morpholine rings is 1. The van der Waals surface area contributed by atoms with Crippen LogP contribution < -0.4 is 0 Å². The molecule has 1 aromatic heterocycles. The summed E-state index contributed by atoms with van der Waals surface area (Å²) in [6.45, 7) is 2.91. The summed E-state index contributed by atoms with van der Waals surface area (Å²) >= 11 is 0. The smallest absolute Gasteiger partial charge is 0.374 e. The van der Waals surface area contributed by atoms with Crippen LogP contribution in [0.1, 0.15) is 27.2 Å². The molecular weight excluding hydrogens is 345 g/mol. The Kier molecular flexibility index (Phi) is 5.27. The Labute approximate surface area is 149 Å². The number of nitrogens with zero attached hydrogens (tertiary/aromatic N) is 2. The zero-order chi connectivity index (χ0) is 18.7. The van der Waals surface area contributed by atoms with Crippen molar-refractivity contribution in [2.75, 3.05) is 19.7 Å². The Morgan fingerprint density at radius 2 is 2.12 bits per heavy atom. The number of halogens is 3. The number of aryl methyl sites for hydroxylation is 1. The third-order valence-electron chi connectivity index (χ3n) is 4.38. The molecular formula is C19H19F3N2O2. The monoisotopic (exact) mass is 364 g/mol. The molecule has 0 bridgehead atoms. The third kappa shape index (κ3) is 4.22. The first kappa shape index (κ1) is 18.4. The van der Waals surface area contributed by atoms with Crippen molar-refractivity contribution in [3.8, 4) is 0 Å². The topological polar surface area (TPSA) is 42.4 Å². The highest BCUT2D eigenvalue weighted by molar-refractivity contribution is 5.95. The molecule has 3 rings (SSSR count). The molecule has 1 unspecified atom stereocenters. The van der Waals surface area contributed by atoms with Gasteiger partial charge in [0.05, 0.1) is 23.8 Å². The molecule has 138 valence electrons. The van der Waals surface area contributed by atoms with Crippen LogP contribution in [-0.4, -0.2) is 41.6 Å². The van der Waals surface area contributed by atoms with E-state index in [1.54, 1.807) is 36.2 Å². The zero-order valence-corrected chi connectivity index (χ0v) is 14.3. The average Bonchev–Trinajstić information content (AvgIpc) is 2.61. The van der Waals surface area contributed by atoms with Crippen LogP contribution in [0.15, 0.2) is 42.6 Å². The maximum Gasteiger partial charge on any atom is 0.416 e. The second-order valence-electron chi connectivity index (χ2n) is 6.28. The molecule has 1 aromatic carbocycles. The van der Waals surface area contributed by atoms with E-state index in [2.05, 4.69) is 4.98 Å². The molecule has 0 aliphatic carbocycles. The van der Waals surface area contributed by atoms with E-state index in [0.717, 1.165) is 12.1 Å². The van der Waals surface area contributed by atoms with E-state index >= 15 is 0 Å². The van der Waals surface area contributed by atoms with E-state index in [1.165, 1.54) is 6.07 Å². The lowest BCUT2D eigenvalue weighted by Gasteiger charge is -2.33. The minimum Gasteiger partial charge on any atom is -0.374 e. The van der Waals surface area contributed by atoms with Crippen molar-refractivity contribution < 1.29 is 22.7 Å². The lowest BCUT2D eigenvalue weighted by molar-refractivity contribution is -0.137. The number of carbonyl (C=O) groups is 1. The van der Waals surface area contributed by atoms with Gasteiger partial charge < -0.3 is 9.64 Å². The van der Waals surface area contributed by atoms with Gasteiger partial charge in [-0.1, -0.05) is 18.2 Å². The third-order valence-corrected chi connectivity index (χ3v) is 4.38. The van der Waals surface area contributed by atoms with Gasteiger partial charge in [0.15, 0.2) is 0 Å². The maximum atomic E-state index is 12.8. The fourth-order valence-corrected chi connectivity index (χ4v) is 3.05. The lowest BCUT2D eigenvalue weighted by atomic mass is 10.0. The number of alkyl halides is 3. The summed E-state index contributed by atoms with van der Waals surface area (Å²) in [4.78, 5) is 18.5. The minimum absolute atomic E-state index is 0.132. The van der Waals surface area contributed by atoms with Crippen molar-refractivity contribution in [2.45, 2.75) is 25.6 Å². The fraction of sp³-hybridized carbons (Fsp3) is 0.368. The maximum absolute atomic E-state index is 12.8. The first-order valence-electron chi connectivity index (χ1n) is 8.33. The standard InChI is InChI=1S/C19H19F3N2O2/c1-13-17(6-3-7-23-13)18(25)24-8-9-26-16(12-24)11-14-4-2-5-15(10-14)19(20,21)22/h2-7,10,16H,8-9,11-12H2,1H3. The molecule has 0 spiro atoms. The molecule has 0 N–H and O–H groups in total. The molecule has 1 atom stereocenters. The molecule has 2 heterocycles. The molecule has 0 saturated carbocycles. The van der Waals surface area contributed by atoms with Crippen molar-refractivity contribution >= 4 is 5.91 Å². The van der Waals surface area contributed by atoms with Crippen LogP contribution in [0.2, 0.25) is 0 Å². The molecule has 4 nitrogen and oxygen atoms in total. The second kappa shape index (κ2) is 7.45. The SMILES string of the molecule is Cc1ncccc1C(=O)N1CCOC(Cc2cccc(C(F)(F)F)c2)C1. The van der Waals surface area contributed by atoms with Gasteiger partial charge in [0, 0.05) is 31.4 Å². The Balaban J connectivity index is 1.69. The van der Waals surface area contributed by atoms with Crippen LogP contribution in [0.3, 0.4) is 0 Å². The number of hydrogen-bond acceptors (Lipinski definition) is 3. The highest BCUT2D eigenvalue weighted by atomic mass is 19.4. The van der Waals surface area contributed by atoms with Crippen molar-refractivity contribution in [2.24, 2.45) is 0 Å². The van der Waals surface area contributed by atoms with Crippen LogP contribution in [-0.2, 0) is 17.3 Å². The minimum atomic E-state index is -4.37. The Hall–Kier alpha value is -2.41. The van der Waals surface area contributed by atoms with Crippen LogP contribution >= 0.6 is 0 Å². The molecule has 1 saturated heterocycles. The largest absolute Gasteiger partial charge is 0.416 e. The lowest BCUT2D eigenvalue weighted by Crippen LogP contribution is -2.46. The summed E-state index contributed by atoms with van der Waals surface area (Å²) < 4.78 is 44.2. The Morgan fingerprint density at radius 3 is 2.85 bits per heavy atom. The summed E-state index contributed by atoms with van der Waals surface area (Å²) in [5.41, 5.74) is 1.05. The van der Waals surface area contributed by atoms with Gasteiger partial charge in [0.2, 0.25) is 0 Å². The highest BCUT2D eigenvalue weighted by Gasteiger charge is 2.31. The summed E-state index contributed by atoms with van der Waals surface area (Å²) in [5.74, 6) is -0.132.